The molecule has 0 fully saturated rings. The fourth-order valence-electron chi connectivity index (χ4n) is 3.35. The average Bonchev–Trinajstić information content (AvgIpc) is 3.12. The van der Waals surface area contributed by atoms with Gasteiger partial charge >= 0.3 is 0 Å². The maximum atomic E-state index is 13.5. The molecule has 0 bridgehead atoms. The lowest BCUT2D eigenvalue weighted by atomic mass is 10.1. The average molecular weight is 426 g/mol. The van der Waals surface area contributed by atoms with Crippen molar-refractivity contribution in [3.8, 4) is 17.3 Å². The summed E-state index contributed by atoms with van der Waals surface area (Å²) in [6.45, 7) is 4.99. The number of para-hydroxylation sites is 1. The Bertz CT molecular complexity index is 987. The Labute approximate surface area is 182 Å². The van der Waals surface area contributed by atoms with Gasteiger partial charge in [-0.3, -0.25) is 4.79 Å². The Morgan fingerprint density at radius 2 is 1.81 bits per heavy atom. The molecule has 31 heavy (non-hydrogen) atoms. The normalized spacial score (nSPS) is 10.8. The lowest BCUT2D eigenvalue weighted by Gasteiger charge is -2.22. The molecule has 1 aromatic heterocycles. The van der Waals surface area contributed by atoms with Gasteiger partial charge in [-0.15, -0.1) is 0 Å². The van der Waals surface area contributed by atoms with Gasteiger partial charge in [-0.1, -0.05) is 32.0 Å². The zero-order valence-electron chi connectivity index (χ0n) is 18.2. The van der Waals surface area contributed by atoms with Crippen molar-refractivity contribution in [2.75, 3.05) is 20.3 Å². The summed E-state index contributed by atoms with van der Waals surface area (Å²) >= 11 is 0. The molecular formula is C24H28FN3O3. The van der Waals surface area contributed by atoms with Crippen molar-refractivity contribution in [2.45, 2.75) is 33.2 Å². The highest BCUT2D eigenvalue weighted by atomic mass is 19.1. The molecule has 0 unspecified atom stereocenters. The minimum absolute atomic E-state index is 0.0163. The number of halogens is 1. The quantitative estimate of drug-likeness (QED) is 0.470. The number of carbonyl (C=O) groups is 1. The molecule has 3 aromatic rings. The number of carbonyl (C=O) groups excluding carboxylic acids is 1. The summed E-state index contributed by atoms with van der Waals surface area (Å²) < 4.78 is 26.5. The topological polar surface area (TPSA) is 56.6 Å². The molecule has 0 atom stereocenters. The second kappa shape index (κ2) is 10.7. The van der Waals surface area contributed by atoms with Gasteiger partial charge in [0.25, 0.3) is 0 Å². The molecule has 0 saturated carbocycles. The second-order valence-corrected chi connectivity index (χ2v) is 7.14. The summed E-state index contributed by atoms with van der Waals surface area (Å²) in [5, 5.41) is 4.74. The van der Waals surface area contributed by atoms with E-state index in [1.807, 2.05) is 44.2 Å². The summed E-state index contributed by atoms with van der Waals surface area (Å²) in [5.41, 5.74) is 2.33. The van der Waals surface area contributed by atoms with Crippen LogP contribution >= 0.6 is 0 Å². The van der Waals surface area contributed by atoms with Crippen molar-refractivity contribution in [1.82, 2.24) is 14.7 Å². The van der Waals surface area contributed by atoms with Crippen LogP contribution in [0.5, 0.6) is 11.6 Å². The Morgan fingerprint density at radius 1 is 1.10 bits per heavy atom. The molecule has 1 amide bonds. The van der Waals surface area contributed by atoms with Crippen molar-refractivity contribution < 1.29 is 18.7 Å². The Hall–Kier alpha value is -3.19. The first-order valence-corrected chi connectivity index (χ1v) is 10.4. The lowest BCUT2D eigenvalue weighted by Crippen LogP contribution is -2.34. The maximum absolute atomic E-state index is 13.5. The minimum Gasteiger partial charge on any atom is -0.439 e. The van der Waals surface area contributed by atoms with Gasteiger partial charge in [0.2, 0.25) is 11.8 Å². The fraction of sp³-hybridized carbons (Fsp3) is 0.333. The van der Waals surface area contributed by atoms with E-state index in [1.54, 1.807) is 21.7 Å². The molecule has 2 aromatic carbocycles. The summed E-state index contributed by atoms with van der Waals surface area (Å²) in [4.78, 5) is 14.4. The van der Waals surface area contributed by atoms with Crippen LogP contribution in [0.25, 0.3) is 5.69 Å². The summed E-state index contributed by atoms with van der Waals surface area (Å²) in [6, 6.07) is 15.5. The summed E-state index contributed by atoms with van der Waals surface area (Å²) in [7, 11) is 1.51. The molecule has 164 valence electrons. The largest absolute Gasteiger partial charge is 0.439 e. The predicted octanol–water partition coefficient (Wildman–Crippen LogP) is 4.75. The number of nitrogens with zero attached hydrogens (tertiary/aromatic N) is 3. The molecule has 0 spiro atoms. The Morgan fingerprint density at radius 3 is 2.42 bits per heavy atom. The molecule has 3 rings (SSSR count). The number of aromatic nitrogens is 2. The molecular weight excluding hydrogens is 397 g/mol. The molecule has 1 heterocycles. The zero-order valence-corrected chi connectivity index (χ0v) is 18.2. The molecule has 0 aliphatic rings. The predicted molar refractivity (Wildman–Crippen MR) is 117 cm³/mol. The number of methoxy groups -OCH3 is 1. The van der Waals surface area contributed by atoms with Crippen LogP contribution in [0, 0.1) is 5.82 Å². The van der Waals surface area contributed by atoms with Gasteiger partial charge in [0.1, 0.15) is 18.2 Å². The van der Waals surface area contributed by atoms with Gasteiger partial charge in [-0.2, -0.15) is 5.10 Å². The summed E-state index contributed by atoms with van der Waals surface area (Å²) in [6.07, 6.45) is 1.48. The van der Waals surface area contributed by atoms with Gasteiger partial charge in [-0.05, 0) is 49.2 Å². The van der Waals surface area contributed by atoms with E-state index >= 15 is 0 Å². The van der Waals surface area contributed by atoms with Gasteiger partial charge in [0.05, 0.1) is 23.5 Å². The van der Waals surface area contributed by atoms with Gasteiger partial charge in [0, 0.05) is 13.7 Å². The van der Waals surface area contributed by atoms with E-state index in [-0.39, 0.29) is 18.3 Å². The van der Waals surface area contributed by atoms with Crippen molar-refractivity contribution in [1.29, 1.82) is 0 Å². The van der Waals surface area contributed by atoms with E-state index < -0.39 is 0 Å². The first-order chi connectivity index (χ1) is 15.1. The highest BCUT2D eigenvalue weighted by molar-refractivity contribution is 5.77. The fourth-order valence-corrected chi connectivity index (χ4v) is 3.35. The molecule has 7 heteroatoms. The van der Waals surface area contributed by atoms with E-state index in [1.165, 1.54) is 19.2 Å². The molecule has 0 N–H and O–H groups in total. The van der Waals surface area contributed by atoms with Crippen molar-refractivity contribution >= 4 is 5.91 Å². The zero-order chi connectivity index (χ0) is 22.2. The van der Waals surface area contributed by atoms with E-state index in [0.29, 0.717) is 36.8 Å². The van der Waals surface area contributed by atoms with Crippen LogP contribution in [0.2, 0.25) is 0 Å². The Kier molecular flexibility index (Phi) is 7.78. The molecule has 0 radical (unpaired) electrons. The highest BCUT2D eigenvalue weighted by Crippen LogP contribution is 2.32. The number of ether oxygens (including phenoxy) is 2. The molecule has 0 saturated heterocycles. The number of amides is 1. The maximum Gasteiger partial charge on any atom is 0.248 e. The monoisotopic (exact) mass is 425 g/mol. The number of rotatable bonds is 10. The lowest BCUT2D eigenvalue weighted by molar-refractivity contribution is -0.135. The smallest absolute Gasteiger partial charge is 0.248 e. The second-order valence-electron chi connectivity index (χ2n) is 7.14. The van der Waals surface area contributed by atoms with E-state index in [2.05, 4.69) is 0 Å². The van der Waals surface area contributed by atoms with Crippen molar-refractivity contribution in [3.63, 3.8) is 0 Å². The highest BCUT2D eigenvalue weighted by Gasteiger charge is 2.24. The Balaban J connectivity index is 2.09. The van der Waals surface area contributed by atoms with Crippen LogP contribution < -0.4 is 4.74 Å². The molecule has 0 aliphatic carbocycles. The van der Waals surface area contributed by atoms with Crippen LogP contribution in [0.1, 0.15) is 31.5 Å². The number of aryl methyl sites for hydroxylation is 1. The van der Waals surface area contributed by atoms with Crippen LogP contribution in [0.3, 0.4) is 0 Å². The third kappa shape index (κ3) is 5.49. The van der Waals surface area contributed by atoms with E-state index in [9.17, 15) is 9.18 Å². The minimum atomic E-state index is -0.323. The van der Waals surface area contributed by atoms with Crippen LogP contribution in [-0.4, -0.2) is 40.8 Å². The first-order valence-electron chi connectivity index (χ1n) is 10.4. The third-order valence-electron chi connectivity index (χ3n) is 4.85. The number of benzene rings is 2. The van der Waals surface area contributed by atoms with Gasteiger partial charge < -0.3 is 14.4 Å². The van der Waals surface area contributed by atoms with Gasteiger partial charge in [0.15, 0.2) is 0 Å². The summed E-state index contributed by atoms with van der Waals surface area (Å²) in [5.74, 6) is 0.754. The van der Waals surface area contributed by atoms with Crippen molar-refractivity contribution in [3.05, 3.63) is 71.7 Å². The van der Waals surface area contributed by atoms with Crippen LogP contribution in [0.15, 0.2) is 54.6 Å². The number of hydrogen-bond donors (Lipinski definition) is 0. The van der Waals surface area contributed by atoms with Crippen LogP contribution in [-0.2, 0) is 22.5 Å². The number of hydrogen-bond acceptors (Lipinski definition) is 4. The standard InChI is InChI=1S/C24H28FN3O3/c1-4-15-27(23(29)17-30-3)16-21-22(5-2)26-28(19-13-11-18(25)12-14-19)24(21)31-20-9-7-6-8-10-20/h6-14H,4-5,15-17H2,1-3H3. The molecule has 6 nitrogen and oxygen atoms in total. The third-order valence-corrected chi connectivity index (χ3v) is 4.85. The SMILES string of the molecule is CCCN(Cc1c(CC)nn(-c2ccc(F)cc2)c1Oc1ccccc1)C(=O)COC. The molecule has 0 aliphatic heterocycles. The van der Waals surface area contributed by atoms with Crippen molar-refractivity contribution in [2.24, 2.45) is 0 Å². The van der Waals surface area contributed by atoms with E-state index in [0.717, 1.165) is 17.7 Å². The van der Waals surface area contributed by atoms with Crippen LogP contribution in [0.4, 0.5) is 4.39 Å². The van der Waals surface area contributed by atoms with Gasteiger partial charge in [-0.25, -0.2) is 9.07 Å². The van der Waals surface area contributed by atoms with E-state index in [4.69, 9.17) is 14.6 Å². The first kappa shape index (κ1) is 22.5.